The van der Waals surface area contributed by atoms with Crippen molar-refractivity contribution in [3.05, 3.63) is 94.6 Å². The maximum atomic E-state index is 13.4. The van der Waals surface area contributed by atoms with Gasteiger partial charge in [0.05, 0.1) is 25.3 Å². The van der Waals surface area contributed by atoms with Crippen LogP contribution in [0.2, 0.25) is 0 Å². The second kappa shape index (κ2) is 10.6. The SMILES string of the molecule is CCOc1ccc([C@H]2C(=C(O)c3ccc4c(c3)C[C@@H](C)O4)C(=O)C(=O)N2CCc2ccccc2)cc1OC. The van der Waals surface area contributed by atoms with Crippen LogP contribution >= 0.6 is 0 Å². The van der Waals surface area contributed by atoms with Gasteiger partial charge >= 0.3 is 0 Å². The number of rotatable bonds is 8. The molecule has 7 heteroatoms. The van der Waals surface area contributed by atoms with Crippen molar-refractivity contribution in [3.63, 3.8) is 0 Å². The van der Waals surface area contributed by atoms with Gasteiger partial charge < -0.3 is 24.2 Å². The number of Topliss-reactive ketones (excluding diaryl/α,β-unsaturated/α-hetero) is 1. The number of aliphatic hydroxyl groups is 1. The number of amides is 1. The molecule has 0 bridgehead atoms. The lowest BCUT2D eigenvalue weighted by molar-refractivity contribution is -0.139. The highest BCUT2D eigenvalue weighted by atomic mass is 16.5. The third-order valence-electron chi connectivity index (χ3n) is 7.00. The number of likely N-dealkylation sites (tertiary alicyclic amines) is 1. The molecule has 7 nitrogen and oxygen atoms in total. The Morgan fingerprint density at radius 3 is 2.58 bits per heavy atom. The molecular weight excluding hydrogens is 482 g/mol. The molecule has 0 saturated carbocycles. The predicted molar refractivity (Wildman–Crippen MR) is 144 cm³/mol. The minimum atomic E-state index is -0.785. The third-order valence-corrected chi connectivity index (χ3v) is 7.00. The smallest absolute Gasteiger partial charge is 0.295 e. The van der Waals surface area contributed by atoms with Crippen LogP contribution in [0.15, 0.2) is 72.3 Å². The standard InChI is InChI=1S/C31H31NO6/c1-4-37-25-13-10-21(18-26(25)36-3)28-27(29(33)22-11-12-24-23(17-22)16-19(2)38-24)30(34)31(35)32(28)15-14-20-8-6-5-7-9-20/h5-13,17-19,28,33H,4,14-16H2,1-3H3/t19-,28+/m1/s1. The Hall–Kier alpha value is -4.26. The van der Waals surface area contributed by atoms with Gasteiger partial charge in [0.15, 0.2) is 11.5 Å². The lowest BCUT2D eigenvalue weighted by Gasteiger charge is -2.26. The molecule has 0 unspecified atom stereocenters. The summed E-state index contributed by atoms with van der Waals surface area (Å²) in [5, 5.41) is 11.5. The summed E-state index contributed by atoms with van der Waals surface area (Å²) in [6.07, 6.45) is 1.32. The first-order valence-corrected chi connectivity index (χ1v) is 12.8. The number of benzene rings is 3. The first kappa shape index (κ1) is 25.4. The van der Waals surface area contributed by atoms with Crippen LogP contribution in [-0.2, 0) is 22.4 Å². The van der Waals surface area contributed by atoms with Crippen LogP contribution in [0.1, 0.15) is 42.1 Å². The Labute approximate surface area is 222 Å². The Balaban J connectivity index is 1.60. The van der Waals surface area contributed by atoms with Gasteiger partial charge in [0.25, 0.3) is 11.7 Å². The van der Waals surface area contributed by atoms with Crippen molar-refractivity contribution < 1.29 is 28.9 Å². The van der Waals surface area contributed by atoms with E-state index in [1.54, 1.807) is 31.4 Å². The molecule has 0 radical (unpaired) electrons. The molecule has 0 spiro atoms. The van der Waals surface area contributed by atoms with Gasteiger partial charge in [-0.15, -0.1) is 0 Å². The molecular formula is C31H31NO6. The molecule has 0 aliphatic carbocycles. The monoisotopic (exact) mass is 513 g/mol. The molecule has 3 aromatic carbocycles. The number of carbonyl (C=O) groups is 2. The van der Waals surface area contributed by atoms with E-state index in [0.29, 0.717) is 48.6 Å². The molecule has 1 fully saturated rings. The summed E-state index contributed by atoms with van der Waals surface area (Å²) in [4.78, 5) is 28.3. The molecule has 1 amide bonds. The van der Waals surface area contributed by atoms with Crippen LogP contribution in [0.5, 0.6) is 17.2 Å². The van der Waals surface area contributed by atoms with Crippen LogP contribution < -0.4 is 14.2 Å². The Bertz CT molecular complexity index is 1400. The first-order valence-electron chi connectivity index (χ1n) is 12.8. The maximum absolute atomic E-state index is 13.4. The number of aliphatic hydroxyl groups excluding tert-OH is 1. The topological polar surface area (TPSA) is 85.3 Å². The van der Waals surface area contributed by atoms with E-state index in [2.05, 4.69) is 0 Å². The van der Waals surface area contributed by atoms with Crippen LogP contribution in [0.3, 0.4) is 0 Å². The van der Waals surface area contributed by atoms with E-state index < -0.39 is 17.7 Å². The van der Waals surface area contributed by atoms with Gasteiger partial charge in [-0.25, -0.2) is 0 Å². The van der Waals surface area contributed by atoms with Crippen molar-refractivity contribution in [2.75, 3.05) is 20.3 Å². The summed E-state index contributed by atoms with van der Waals surface area (Å²) >= 11 is 0. The zero-order valence-electron chi connectivity index (χ0n) is 21.8. The van der Waals surface area contributed by atoms with Crippen molar-refractivity contribution >= 4 is 17.4 Å². The second-order valence-electron chi connectivity index (χ2n) is 9.53. The Morgan fingerprint density at radius 1 is 1.05 bits per heavy atom. The van der Waals surface area contributed by atoms with Gasteiger partial charge in [0, 0.05) is 18.5 Å². The summed E-state index contributed by atoms with van der Waals surface area (Å²) in [5.41, 5.74) is 3.19. The third kappa shape index (κ3) is 4.72. The zero-order chi connectivity index (χ0) is 26.8. The molecule has 0 aromatic heterocycles. The van der Waals surface area contributed by atoms with Crippen LogP contribution in [0.4, 0.5) is 0 Å². The molecule has 1 N–H and O–H groups in total. The first-order chi connectivity index (χ1) is 18.4. The van der Waals surface area contributed by atoms with Gasteiger partial charge in [-0.05, 0) is 67.3 Å². The number of carbonyl (C=O) groups excluding carboxylic acids is 2. The van der Waals surface area contributed by atoms with Gasteiger partial charge in [0.1, 0.15) is 17.6 Å². The molecule has 2 aliphatic rings. The highest BCUT2D eigenvalue weighted by molar-refractivity contribution is 6.46. The van der Waals surface area contributed by atoms with Crippen molar-refractivity contribution in [1.29, 1.82) is 0 Å². The number of ketones is 1. The Morgan fingerprint density at radius 2 is 1.84 bits per heavy atom. The summed E-state index contributed by atoms with van der Waals surface area (Å²) in [6, 6.07) is 19.7. The summed E-state index contributed by atoms with van der Waals surface area (Å²) in [7, 11) is 1.54. The predicted octanol–water partition coefficient (Wildman–Crippen LogP) is 5.08. The molecule has 196 valence electrons. The molecule has 2 heterocycles. The summed E-state index contributed by atoms with van der Waals surface area (Å²) < 4.78 is 17.0. The van der Waals surface area contributed by atoms with Crippen LogP contribution in [-0.4, -0.2) is 48.1 Å². The molecule has 5 rings (SSSR count). The van der Waals surface area contributed by atoms with Crippen molar-refractivity contribution in [3.8, 4) is 17.2 Å². The van der Waals surface area contributed by atoms with Crippen molar-refractivity contribution in [2.45, 2.75) is 38.8 Å². The Kier molecular flexibility index (Phi) is 7.09. The highest BCUT2D eigenvalue weighted by Crippen LogP contribution is 2.42. The van der Waals surface area contributed by atoms with Crippen LogP contribution in [0.25, 0.3) is 5.76 Å². The fourth-order valence-corrected chi connectivity index (χ4v) is 5.21. The van der Waals surface area contributed by atoms with E-state index in [1.165, 1.54) is 4.90 Å². The quantitative estimate of drug-likeness (QED) is 0.257. The fourth-order valence-electron chi connectivity index (χ4n) is 5.21. The van der Waals surface area contributed by atoms with Gasteiger partial charge in [0.2, 0.25) is 0 Å². The number of ether oxygens (including phenoxy) is 3. The van der Waals surface area contributed by atoms with E-state index in [-0.39, 0.29) is 17.4 Å². The molecule has 2 aliphatic heterocycles. The van der Waals surface area contributed by atoms with E-state index in [4.69, 9.17) is 14.2 Å². The average Bonchev–Trinajstić information content (AvgIpc) is 3.43. The number of nitrogens with zero attached hydrogens (tertiary/aromatic N) is 1. The number of hydrogen-bond acceptors (Lipinski definition) is 6. The zero-order valence-corrected chi connectivity index (χ0v) is 21.8. The number of hydrogen-bond donors (Lipinski definition) is 1. The molecule has 3 aromatic rings. The summed E-state index contributed by atoms with van der Waals surface area (Å²) in [5.74, 6) is 0.266. The van der Waals surface area contributed by atoms with E-state index >= 15 is 0 Å². The van der Waals surface area contributed by atoms with Gasteiger partial charge in [-0.2, -0.15) is 0 Å². The van der Waals surface area contributed by atoms with E-state index in [1.807, 2.05) is 56.3 Å². The van der Waals surface area contributed by atoms with Crippen molar-refractivity contribution in [1.82, 2.24) is 4.90 Å². The van der Waals surface area contributed by atoms with E-state index in [0.717, 1.165) is 16.9 Å². The minimum absolute atomic E-state index is 0.0438. The molecule has 38 heavy (non-hydrogen) atoms. The minimum Gasteiger partial charge on any atom is -0.507 e. The average molecular weight is 514 g/mol. The number of methoxy groups -OCH3 is 1. The second-order valence-corrected chi connectivity index (χ2v) is 9.53. The number of fused-ring (bicyclic) bond motifs is 1. The lowest BCUT2D eigenvalue weighted by Crippen LogP contribution is -2.31. The van der Waals surface area contributed by atoms with Gasteiger partial charge in [-0.1, -0.05) is 36.4 Å². The lowest BCUT2D eigenvalue weighted by atomic mass is 9.94. The van der Waals surface area contributed by atoms with Crippen molar-refractivity contribution in [2.24, 2.45) is 0 Å². The van der Waals surface area contributed by atoms with E-state index in [9.17, 15) is 14.7 Å². The maximum Gasteiger partial charge on any atom is 0.295 e. The summed E-state index contributed by atoms with van der Waals surface area (Å²) in [6.45, 7) is 4.64. The molecule has 1 saturated heterocycles. The normalized spacial score (nSPS) is 19.8. The van der Waals surface area contributed by atoms with Crippen LogP contribution in [0, 0.1) is 0 Å². The fraction of sp³-hybridized carbons (Fsp3) is 0.290. The largest absolute Gasteiger partial charge is 0.507 e. The highest BCUT2D eigenvalue weighted by Gasteiger charge is 2.46. The molecule has 2 atom stereocenters. The van der Waals surface area contributed by atoms with Gasteiger partial charge in [-0.3, -0.25) is 9.59 Å².